The highest BCUT2D eigenvalue weighted by Crippen LogP contribution is 2.43. The Bertz CT molecular complexity index is 1640. The molecule has 1 atom stereocenters. The van der Waals surface area contributed by atoms with Gasteiger partial charge in [0.1, 0.15) is 11.5 Å². The Morgan fingerprint density at radius 2 is 1.71 bits per heavy atom. The number of fused-ring (bicyclic) bond motifs is 2. The van der Waals surface area contributed by atoms with E-state index in [1.54, 1.807) is 18.2 Å². The molecule has 1 amide bonds. The van der Waals surface area contributed by atoms with Crippen LogP contribution in [0.15, 0.2) is 101 Å². The van der Waals surface area contributed by atoms with E-state index in [1.165, 1.54) is 11.2 Å². The Kier molecular flexibility index (Phi) is 4.81. The molecule has 0 aliphatic carbocycles. The van der Waals surface area contributed by atoms with Crippen LogP contribution in [0.2, 0.25) is 0 Å². The lowest BCUT2D eigenvalue weighted by Crippen LogP contribution is -2.29. The van der Waals surface area contributed by atoms with Gasteiger partial charge in [0.15, 0.2) is 0 Å². The highest BCUT2D eigenvalue weighted by atomic mass is 16.3. The predicted molar refractivity (Wildman–Crippen MR) is 133 cm³/mol. The minimum absolute atomic E-state index is 0.0770. The molecule has 3 aromatic carbocycles. The molecule has 3 heterocycles. The fourth-order valence-electron chi connectivity index (χ4n) is 5.02. The number of aliphatic hydroxyl groups is 1. The summed E-state index contributed by atoms with van der Waals surface area (Å²) >= 11 is 0. The van der Waals surface area contributed by atoms with E-state index in [1.807, 2.05) is 78.5 Å². The second kappa shape index (κ2) is 8.02. The molecule has 1 unspecified atom stereocenters. The van der Waals surface area contributed by atoms with Crippen molar-refractivity contribution >= 4 is 39.1 Å². The number of nitrogens with zero attached hydrogens (tertiary/aromatic N) is 2. The summed E-state index contributed by atoms with van der Waals surface area (Å²) in [5.74, 6) is -1.00. The zero-order valence-corrected chi connectivity index (χ0v) is 19.0. The first-order chi connectivity index (χ1) is 17.0. The molecule has 5 aromatic rings. The minimum atomic E-state index is -0.766. The normalized spacial score (nSPS) is 17.6. The number of ketones is 1. The molecule has 1 aliphatic heterocycles. The van der Waals surface area contributed by atoms with E-state index in [0.717, 1.165) is 27.2 Å². The summed E-state index contributed by atoms with van der Waals surface area (Å²) < 4.78 is 7.46. The summed E-state index contributed by atoms with van der Waals surface area (Å²) in [6.45, 7) is 0.111. The standard InChI is InChI=1S/C29H22N2O4/c1-30-17-23(22-10-4-5-11-24(22)30)26-25(28(33)29(34)31(26)16-21-9-6-14-35-21)27(32)20-13-12-18-7-2-3-8-19(18)15-20/h2-15,17,26,32H,16H2,1H3/b27-25+. The SMILES string of the molecule is Cn1cc(C2/C(=C(\O)c3ccc4ccccc4c3)C(=O)C(=O)N2Cc2ccco2)c2ccccc21. The lowest BCUT2D eigenvalue weighted by molar-refractivity contribution is -0.140. The van der Waals surface area contributed by atoms with Gasteiger partial charge in [0, 0.05) is 35.3 Å². The van der Waals surface area contributed by atoms with E-state index >= 15 is 0 Å². The molecule has 1 fully saturated rings. The number of likely N-dealkylation sites (tertiary alicyclic amines) is 1. The average Bonchev–Trinajstić information content (AvgIpc) is 3.58. The Morgan fingerprint density at radius 1 is 0.943 bits per heavy atom. The number of aromatic nitrogens is 1. The monoisotopic (exact) mass is 462 g/mol. The Hall–Kier alpha value is -4.58. The van der Waals surface area contributed by atoms with Gasteiger partial charge in [-0.05, 0) is 35.0 Å². The lowest BCUT2D eigenvalue weighted by atomic mass is 9.94. The van der Waals surface area contributed by atoms with Gasteiger partial charge in [-0.3, -0.25) is 9.59 Å². The number of amides is 1. The van der Waals surface area contributed by atoms with Crippen molar-refractivity contribution in [2.45, 2.75) is 12.6 Å². The van der Waals surface area contributed by atoms with Crippen LogP contribution in [0.3, 0.4) is 0 Å². The van der Waals surface area contributed by atoms with E-state index < -0.39 is 17.7 Å². The van der Waals surface area contributed by atoms with Crippen LogP contribution in [0.4, 0.5) is 0 Å². The zero-order valence-electron chi connectivity index (χ0n) is 19.0. The van der Waals surface area contributed by atoms with Gasteiger partial charge < -0.3 is 19.0 Å². The fraction of sp³-hybridized carbons (Fsp3) is 0.103. The number of furan rings is 1. The van der Waals surface area contributed by atoms with Gasteiger partial charge in [0.05, 0.1) is 24.4 Å². The highest BCUT2D eigenvalue weighted by Gasteiger charge is 2.47. The molecule has 6 rings (SSSR count). The van der Waals surface area contributed by atoms with Gasteiger partial charge >= 0.3 is 0 Å². The molecular formula is C29H22N2O4. The van der Waals surface area contributed by atoms with Crippen molar-refractivity contribution < 1.29 is 19.1 Å². The van der Waals surface area contributed by atoms with Crippen molar-refractivity contribution in [3.8, 4) is 0 Å². The molecule has 0 saturated carbocycles. The topological polar surface area (TPSA) is 75.7 Å². The molecule has 2 aromatic heterocycles. The van der Waals surface area contributed by atoms with Crippen molar-refractivity contribution in [1.82, 2.24) is 9.47 Å². The van der Waals surface area contributed by atoms with Gasteiger partial charge in [-0.15, -0.1) is 0 Å². The number of para-hydroxylation sites is 1. The second-order valence-corrected chi connectivity index (χ2v) is 8.78. The van der Waals surface area contributed by atoms with Crippen LogP contribution in [0.25, 0.3) is 27.4 Å². The zero-order chi connectivity index (χ0) is 24.1. The molecular weight excluding hydrogens is 440 g/mol. The van der Waals surface area contributed by atoms with Crippen molar-refractivity contribution in [1.29, 1.82) is 0 Å². The highest BCUT2D eigenvalue weighted by molar-refractivity contribution is 6.46. The summed E-state index contributed by atoms with van der Waals surface area (Å²) in [4.78, 5) is 28.2. The van der Waals surface area contributed by atoms with Crippen molar-refractivity contribution in [3.05, 3.63) is 114 Å². The van der Waals surface area contributed by atoms with Crippen LogP contribution in [-0.2, 0) is 23.2 Å². The maximum Gasteiger partial charge on any atom is 0.296 e. The van der Waals surface area contributed by atoms with Crippen LogP contribution in [0.1, 0.15) is 22.9 Å². The summed E-state index contributed by atoms with van der Waals surface area (Å²) in [7, 11) is 1.92. The molecule has 35 heavy (non-hydrogen) atoms. The molecule has 6 heteroatoms. The van der Waals surface area contributed by atoms with Gasteiger partial charge in [-0.2, -0.15) is 0 Å². The van der Waals surface area contributed by atoms with Gasteiger partial charge in [-0.1, -0.05) is 54.6 Å². The van der Waals surface area contributed by atoms with Gasteiger partial charge in [-0.25, -0.2) is 0 Å². The van der Waals surface area contributed by atoms with Crippen molar-refractivity contribution in [3.63, 3.8) is 0 Å². The van der Waals surface area contributed by atoms with Crippen LogP contribution < -0.4 is 0 Å². The third kappa shape index (κ3) is 3.34. The summed E-state index contributed by atoms with van der Waals surface area (Å²) in [5, 5.41) is 14.3. The summed E-state index contributed by atoms with van der Waals surface area (Å²) in [6, 6.07) is 23.9. The van der Waals surface area contributed by atoms with Gasteiger partial charge in [0.25, 0.3) is 11.7 Å². The second-order valence-electron chi connectivity index (χ2n) is 8.78. The van der Waals surface area contributed by atoms with E-state index in [2.05, 4.69) is 0 Å². The number of benzene rings is 3. The molecule has 1 aliphatic rings. The number of aryl methyl sites for hydroxylation is 1. The van der Waals surface area contributed by atoms with E-state index in [9.17, 15) is 14.7 Å². The fourth-order valence-corrected chi connectivity index (χ4v) is 5.02. The number of rotatable bonds is 4. The molecule has 1 N–H and O–H groups in total. The van der Waals surface area contributed by atoms with Gasteiger partial charge in [0.2, 0.25) is 0 Å². The van der Waals surface area contributed by atoms with Crippen molar-refractivity contribution in [2.75, 3.05) is 0 Å². The first kappa shape index (κ1) is 21.0. The number of Topliss-reactive ketones (excluding diaryl/α,β-unsaturated/α-hetero) is 1. The Morgan fingerprint density at radius 3 is 2.51 bits per heavy atom. The minimum Gasteiger partial charge on any atom is -0.507 e. The molecule has 1 saturated heterocycles. The number of carbonyl (C=O) groups is 2. The number of carbonyl (C=O) groups excluding carboxylic acids is 2. The maximum absolute atomic E-state index is 13.4. The molecule has 0 bridgehead atoms. The Balaban J connectivity index is 1.58. The van der Waals surface area contributed by atoms with Crippen LogP contribution in [0.5, 0.6) is 0 Å². The van der Waals surface area contributed by atoms with Crippen molar-refractivity contribution in [2.24, 2.45) is 7.05 Å². The molecule has 0 spiro atoms. The predicted octanol–water partition coefficient (Wildman–Crippen LogP) is 5.55. The quantitative estimate of drug-likeness (QED) is 0.216. The first-order valence-electron chi connectivity index (χ1n) is 11.4. The molecule has 0 radical (unpaired) electrons. The Labute approximate surface area is 201 Å². The number of hydrogen-bond donors (Lipinski definition) is 1. The first-order valence-corrected chi connectivity index (χ1v) is 11.4. The van der Waals surface area contributed by atoms with Crippen LogP contribution in [-0.4, -0.2) is 26.3 Å². The third-order valence-corrected chi connectivity index (χ3v) is 6.69. The van der Waals surface area contributed by atoms with Crippen LogP contribution >= 0.6 is 0 Å². The molecule has 172 valence electrons. The summed E-state index contributed by atoms with van der Waals surface area (Å²) in [6.07, 6.45) is 3.46. The van der Waals surface area contributed by atoms with E-state index in [-0.39, 0.29) is 17.9 Å². The number of aliphatic hydroxyl groups excluding tert-OH is 1. The maximum atomic E-state index is 13.4. The summed E-state index contributed by atoms with van der Waals surface area (Å²) in [5.41, 5.74) is 2.31. The third-order valence-electron chi connectivity index (χ3n) is 6.69. The lowest BCUT2D eigenvalue weighted by Gasteiger charge is -2.24. The number of hydrogen-bond acceptors (Lipinski definition) is 4. The average molecular weight is 463 g/mol. The molecule has 6 nitrogen and oxygen atoms in total. The van der Waals surface area contributed by atoms with Crippen LogP contribution in [0, 0.1) is 0 Å². The van der Waals surface area contributed by atoms with E-state index in [4.69, 9.17) is 4.42 Å². The smallest absolute Gasteiger partial charge is 0.296 e. The largest absolute Gasteiger partial charge is 0.507 e. The van der Waals surface area contributed by atoms with E-state index in [0.29, 0.717) is 11.3 Å².